The van der Waals surface area contributed by atoms with Gasteiger partial charge in [-0.3, -0.25) is 4.98 Å². The summed E-state index contributed by atoms with van der Waals surface area (Å²) in [6.07, 6.45) is 1.81. The first kappa shape index (κ1) is 28.3. The molecule has 1 aliphatic carbocycles. The summed E-state index contributed by atoms with van der Waals surface area (Å²) in [5.41, 5.74) is 14.6. The standard InChI is InChI=1S/C47H29N3/c1-4-15-30(16-5-1)42-35-21-10-11-22-36(35)43(31-17-6-2-7-18-31)46-38-27-26-33(34-23-14-24-37(44(34)38)45(42)46)40-29-41(39-25-12-13-28-48-39)50-47(49-40)32-19-8-3-9-20-32/h1-29H. The van der Waals surface area contributed by atoms with Crippen LogP contribution in [-0.2, 0) is 0 Å². The molecule has 3 nitrogen and oxygen atoms in total. The number of fused-ring (bicyclic) bond motifs is 4. The Bertz CT molecular complexity index is 2570. The molecule has 0 amide bonds. The molecule has 0 bridgehead atoms. The van der Waals surface area contributed by atoms with Gasteiger partial charge >= 0.3 is 0 Å². The normalized spacial score (nSPS) is 11.6. The Morgan fingerprint density at radius 1 is 0.320 bits per heavy atom. The number of rotatable bonds is 5. The maximum atomic E-state index is 5.21. The molecule has 0 saturated heterocycles. The fourth-order valence-electron chi connectivity index (χ4n) is 7.78. The van der Waals surface area contributed by atoms with Crippen LogP contribution in [-0.4, -0.2) is 15.0 Å². The van der Waals surface area contributed by atoms with Gasteiger partial charge in [0, 0.05) is 17.3 Å². The summed E-state index contributed by atoms with van der Waals surface area (Å²) in [6.45, 7) is 0. The molecule has 0 saturated carbocycles. The van der Waals surface area contributed by atoms with Crippen LogP contribution in [0.25, 0.3) is 100 Å². The van der Waals surface area contributed by atoms with Crippen LogP contribution in [0.2, 0.25) is 0 Å². The van der Waals surface area contributed by atoms with Gasteiger partial charge in [0.15, 0.2) is 5.82 Å². The largest absolute Gasteiger partial charge is 0.255 e. The second-order valence-electron chi connectivity index (χ2n) is 12.7. The zero-order valence-electron chi connectivity index (χ0n) is 27.1. The van der Waals surface area contributed by atoms with Crippen molar-refractivity contribution in [2.75, 3.05) is 0 Å². The molecule has 10 rings (SSSR count). The van der Waals surface area contributed by atoms with Crippen LogP contribution in [0.3, 0.4) is 0 Å². The quantitative estimate of drug-likeness (QED) is 0.189. The van der Waals surface area contributed by atoms with E-state index in [1.807, 2.05) is 42.6 Å². The number of nitrogens with zero attached hydrogens (tertiary/aromatic N) is 3. The number of aromatic nitrogens is 3. The molecule has 0 N–H and O–H groups in total. The van der Waals surface area contributed by atoms with Crippen LogP contribution in [0, 0.1) is 0 Å². The Labute approximate surface area is 290 Å². The Hall–Kier alpha value is -6.71. The minimum absolute atomic E-state index is 0.680. The Morgan fingerprint density at radius 3 is 1.46 bits per heavy atom. The molecular weight excluding hydrogens is 607 g/mol. The monoisotopic (exact) mass is 635 g/mol. The van der Waals surface area contributed by atoms with Gasteiger partial charge in [0.2, 0.25) is 0 Å². The fraction of sp³-hybridized carbons (Fsp3) is 0. The maximum Gasteiger partial charge on any atom is 0.160 e. The topological polar surface area (TPSA) is 38.7 Å². The van der Waals surface area contributed by atoms with Crippen molar-refractivity contribution in [3.63, 3.8) is 0 Å². The average Bonchev–Trinajstić information content (AvgIpc) is 3.53. The van der Waals surface area contributed by atoms with E-state index in [2.05, 4.69) is 138 Å². The fourth-order valence-corrected chi connectivity index (χ4v) is 7.78. The van der Waals surface area contributed by atoms with Crippen molar-refractivity contribution < 1.29 is 0 Å². The summed E-state index contributed by atoms with van der Waals surface area (Å²) in [5.74, 6) is 0.680. The lowest BCUT2D eigenvalue weighted by Crippen LogP contribution is -1.97. The lowest BCUT2D eigenvalue weighted by atomic mass is 9.82. The van der Waals surface area contributed by atoms with E-state index >= 15 is 0 Å². The summed E-state index contributed by atoms with van der Waals surface area (Å²) in [4.78, 5) is 14.9. The first-order valence-corrected chi connectivity index (χ1v) is 17.0. The lowest BCUT2D eigenvalue weighted by molar-refractivity contribution is 1.16. The molecule has 0 atom stereocenters. The maximum absolute atomic E-state index is 5.21. The first-order valence-electron chi connectivity index (χ1n) is 17.0. The molecule has 232 valence electrons. The smallest absolute Gasteiger partial charge is 0.160 e. The molecule has 7 aromatic carbocycles. The molecule has 9 aromatic rings. The van der Waals surface area contributed by atoms with Gasteiger partial charge < -0.3 is 0 Å². The highest BCUT2D eigenvalue weighted by Crippen LogP contribution is 2.58. The van der Waals surface area contributed by atoms with Crippen LogP contribution >= 0.6 is 0 Å². The molecule has 0 fully saturated rings. The van der Waals surface area contributed by atoms with E-state index in [1.54, 1.807) is 0 Å². The molecule has 1 aliphatic rings. The van der Waals surface area contributed by atoms with Crippen molar-refractivity contribution in [1.82, 2.24) is 15.0 Å². The van der Waals surface area contributed by atoms with Gasteiger partial charge in [-0.05, 0) is 84.3 Å². The van der Waals surface area contributed by atoms with Gasteiger partial charge in [0.1, 0.15) is 0 Å². The molecule has 50 heavy (non-hydrogen) atoms. The van der Waals surface area contributed by atoms with E-state index in [0.29, 0.717) is 5.82 Å². The van der Waals surface area contributed by atoms with Crippen LogP contribution < -0.4 is 0 Å². The minimum Gasteiger partial charge on any atom is -0.255 e. The van der Waals surface area contributed by atoms with Gasteiger partial charge in [0.25, 0.3) is 0 Å². The summed E-state index contributed by atoms with van der Waals surface area (Å²) < 4.78 is 0. The predicted molar refractivity (Wildman–Crippen MR) is 206 cm³/mol. The van der Waals surface area contributed by atoms with Crippen LogP contribution in [0.5, 0.6) is 0 Å². The highest BCUT2D eigenvalue weighted by atomic mass is 14.9. The number of benzene rings is 7. The second kappa shape index (κ2) is 11.5. The SMILES string of the molecule is c1ccc(-c2nc(-c3ccccn3)cc(-c3ccc4c5c(cccc35)-c3c-4c(-c4ccccc4)c4ccccc4c3-c3ccccc3)n2)cc1. The van der Waals surface area contributed by atoms with E-state index in [-0.39, 0.29) is 0 Å². The summed E-state index contributed by atoms with van der Waals surface area (Å²) in [6, 6.07) is 60.1. The molecule has 0 unspecified atom stereocenters. The van der Waals surface area contributed by atoms with Crippen LogP contribution in [0.4, 0.5) is 0 Å². The summed E-state index contributed by atoms with van der Waals surface area (Å²) in [5, 5.41) is 4.93. The predicted octanol–water partition coefficient (Wildman–Crippen LogP) is 12.2. The molecule has 0 spiro atoms. The van der Waals surface area contributed by atoms with Gasteiger partial charge in [-0.25, -0.2) is 9.97 Å². The average molecular weight is 636 g/mol. The molecule has 3 heteroatoms. The number of hydrogen-bond acceptors (Lipinski definition) is 3. The zero-order valence-corrected chi connectivity index (χ0v) is 27.1. The molecule has 2 heterocycles. The third kappa shape index (κ3) is 4.41. The third-order valence-corrected chi connectivity index (χ3v) is 9.88. The Morgan fingerprint density at radius 2 is 0.840 bits per heavy atom. The van der Waals surface area contributed by atoms with Crippen LogP contribution in [0.1, 0.15) is 0 Å². The first-order chi connectivity index (χ1) is 24.8. The van der Waals surface area contributed by atoms with Crippen molar-refractivity contribution in [2.24, 2.45) is 0 Å². The van der Waals surface area contributed by atoms with Crippen molar-refractivity contribution in [1.29, 1.82) is 0 Å². The molecular formula is C47H29N3. The van der Waals surface area contributed by atoms with Gasteiger partial charge in [-0.1, -0.05) is 152 Å². The highest BCUT2D eigenvalue weighted by Gasteiger charge is 2.31. The summed E-state index contributed by atoms with van der Waals surface area (Å²) in [7, 11) is 0. The van der Waals surface area contributed by atoms with E-state index in [9.17, 15) is 0 Å². The highest BCUT2D eigenvalue weighted by molar-refractivity contribution is 6.28. The van der Waals surface area contributed by atoms with E-state index in [4.69, 9.17) is 9.97 Å². The zero-order chi connectivity index (χ0) is 33.0. The third-order valence-electron chi connectivity index (χ3n) is 9.88. The number of hydrogen-bond donors (Lipinski definition) is 0. The Kier molecular flexibility index (Phi) is 6.49. The molecule has 0 aliphatic heterocycles. The van der Waals surface area contributed by atoms with Gasteiger partial charge in [0.05, 0.1) is 17.1 Å². The van der Waals surface area contributed by atoms with E-state index < -0.39 is 0 Å². The van der Waals surface area contributed by atoms with Crippen molar-refractivity contribution >= 4 is 21.5 Å². The van der Waals surface area contributed by atoms with E-state index in [0.717, 1.165) is 28.2 Å². The Balaban J connectivity index is 1.30. The van der Waals surface area contributed by atoms with Gasteiger partial charge in [-0.15, -0.1) is 0 Å². The van der Waals surface area contributed by atoms with Gasteiger partial charge in [-0.2, -0.15) is 0 Å². The van der Waals surface area contributed by atoms with Crippen molar-refractivity contribution in [2.45, 2.75) is 0 Å². The molecule has 2 aromatic heterocycles. The second-order valence-corrected chi connectivity index (χ2v) is 12.7. The minimum atomic E-state index is 0.680. The lowest BCUT2D eigenvalue weighted by Gasteiger charge is -2.20. The van der Waals surface area contributed by atoms with Crippen molar-refractivity contribution in [3.05, 3.63) is 176 Å². The summed E-state index contributed by atoms with van der Waals surface area (Å²) >= 11 is 0. The van der Waals surface area contributed by atoms with Crippen molar-refractivity contribution in [3.8, 4) is 78.5 Å². The van der Waals surface area contributed by atoms with E-state index in [1.165, 1.54) is 66.1 Å². The molecule has 0 radical (unpaired) electrons. The van der Waals surface area contributed by atoms with Crippen LogP contribution in [0.15, 0.2) is 176 Å². The number of pyridine rings is 1.